The van der Waals surface area contributed by atoms with Gasteiger partial charge in [-0.05, 0) is 27.4 Å². The topological polar surface area (TPSA) is 83.5 Å². The maximum atomic E-state index is 11.4. The van der Waals surface area contributed by atoms with Gasteiger partial charge in [-0.25, -0.2) is 8.42 Å². The molecule has 0 saturated carbocycles. The molecule has 0 aliphatic rings. The first-order valence-corrected chi connectivity index (χ1v) is 6.53. The lowest BCUT2D eigenvalue weighted by atomic mass is 10.7. The van der Waals surface area contributed by atoms with Gasteiger partial charge in [0.05, 0.1) is 0 Å². The van der Waals surface area contributed by atoms with E-state index in [4.69, 9.17) is 5.11 Å². The van der Waals surface area contributed by atoms with Crippen molar-refractivity contribution in [2.45, 2.75) is 4.21 Å². The van der Waals surface area contributed by atoms with Crippen LogP contribution >= 0.6 is 27.3 Å². The lowest BCUT2D eigenvalue weighted by Gasteiger charge is -2.01. The van der Waals surface area contributed by atoms with Crippen LogP contribution in [0.15, 0.2) is 20.1 Å². The minimum absolute atomic E-state index is 0.0822. The molecule has 1 heterocycles. The molecule has 0 fully saturated rings. The number of rotatable bonds is 4. The van der Waals surface area contributed by atoms with Gasteiger partial charge in [-0.3, -0.25) is 4.79 Å². The molecule has 0 aliphatic heterocycles. The summed E-state index contributed by atoms with van der Waals surface area (Å²) in [6.07, 6.45) is 0. The van der Waals surface area contributed by atoms with Gasteiger partial charge in [-0.2, -0.15) is 4.72 Å². The highest BCUT2D eigenvalue weighted by molar-refractivity contribution is 9.10. The molecule has 0 saturated heterocycles. The smallest absolute Gasteiger partial charge is 0.318 e. The number of hydrogen-bond acceptors (Lipinski definition) is 4. The standard InChI is InChI=1S/C6H6BrNO4S2/c7-4-1-2-13-6(4)14(11,12)8-3-5(9)10/h1-2,8H,3H2,(H,9,10). The molecule has 0 unspecified atom stereocenters. The average molecular weight is 300 g/mol. The molecule has 0 atom stereocenters. The van der Waals surface area contributed by atoms with Crippen LogP contribution in [0.4, 0.5) is 0 Å². The van der Waals surface area contributed by atoms with Crippen LogP contribution in [-0.4, -0.2) is 26.0 Å². The second kappa shape index (κ2) is 4.39. The van der Waals surface area contributed by atoms with E-state index in [1.54, 1.807) is 11.4 Å². The zero-order valence-electron chi connectivity index (χ0n) is 6.73. The first kappa shape index (κ1) is 11.6. The molecule has 0 bridgehead atoms. The fraction of sp³-hybridized carbons (Fsp3) is 0.167. The molecule has 1 aromatic heterocycles. The van der Waals surface area contributed by atoms with Gasteiger partial charge in [0.25, 0.3) is 10.0 Å². The molecule has 5 nitrogen and oxygen atoms in total. The molecule has 78 valence electrons. The molecule has 0 aromatic carbocycles. The zero-order chi connectivity index (χ0) is 10.8. The van der Waals surface area contributed by atoms with Crippen LogP contribution in [0.3, 0.4) is 0 Å². The van der Waals surface area contributed by atoms with Gasteiger partial charge in [0.1, 0.15) is 10.8 Å². The Morgan fingerprint density at radius 3 is 2.71 bits per heavy atom. The Hall–Kier alpha value is -0.440. The highest BCUT2D eigenvalue weighted by Crippen LogP contribution is 2.26. The fourth-order valence-corrected chi connectivity index (χ4v) is 4.05. The molecule has 0 spiro atoms. The van der Waals surface area contributed by atoms with Crippen molar-refractivity contribution in [3.05, 3.63) is 15.9 Å². The lowest BCUT2D eigenvalue weighted by molar-refractivity contribution is -0.135. The van der Waals surface area contributed by atoms with Gasteiger partial charge in [0.2, 0.25) is 0 Å². The predicted molar refractivity (Wildman–Crippen MR) is 54.8 cm³/mol. The Labute approximate surface area is 92.9 Å². The van der Waals surface area contributed by atoms with Crippen LogP contribution in [0.2, 0.25) is 0 Å². The second-order valence-electron chi connectivity index (χ2n) is 2.27. The molecule has 8 heteroatoms. The summed E-state index contributed by atoms with van der Waals surface area (Å²) in [6.45, 7) is -0.618. The largest absolute Gasteiger partial charge is 0.480 e. The van der Waals surface area contributed by atoms with Crippen LogP contribution < -0.4 is 4.72 Å². The van der Waals surface area contributed by atoms with E-state index >= 15 is 0 Å². The van der Waals surface area contributed by atoms with Gasteiger partial charge >= 0.3 is 5.97 Å². The van der Waals surface area contributed by atoms with Crippen molar-refractivity contribution >= 4 is 43.3 Å². The van der Waals surface area contributed by atoms with Crippen LogP contribution in [-0.2, 0) is 14.8 Å². The van der Waals surface area contributed by atoms with E-state index in [-0.39, 0.29) is 4.21 Å². The molecule has 1 rings (SSSR count). The van der Waals surface area contributed by atoms with E-state index in [2.05, 4.69) is 15.9 Å². The molecule has 0 radical (unpaired) electrons. The number of carbonyl (C=O) groups is 1. The second-order valence-corrected chi connectivity index (χ2v) is 6.01. The minimum atomic E-state index is -3.70. The van der Waals surface area contributed by atoms with Gasteiger partial charge < -0.3 is 5.11 Å². The first-order chi connectivity index (χ1) is 6.43. The minimum Gasteiger partial charge on any atom is -0.480 e. The number of hydrogen-bond donors (Lipinski definition) is 2. The van der Waals surface area contributed by atoms with Crippen LogP contribution in [0.1, 0.15) is 0 Å². The van der Waals surface area contributed by atoms with E-state index in [0.29, 0.717) is 4.47 Å². The maximum absolute atomic E-state index is 11.4. The highest BCUT2D eigenvalue weighted by atomic mass is 79.9. The third-order valence-corrected chi connectivity index (χ3v) is 5.31. The SMILES string of the molecule is O=C(O)CNS(=O)(=O)c1sccc1Br. The molecular weight excluding hydrogens is 294 g/mol. The van der Waals surface area contributed by atoms with Crippen molar-refractivity contribution in [3.8, 4) is 0 Å². The molecule has 1 aromatic rings. The van der Waals surface area contributed by atoms with Crippen LogP contribution in [0.5, 0.6) is 0 Å². The number of thiophene rings is 1. The Balaban J connectivity index is 2.87. The third kappa shape index (κ3) is 2.77. The number of nitrogens with one attached hydrogen (secondary N) is 1. The van der Waals surface area contributed by atoms with Crippen molar-refractivity contribution in [3.63, 3.8) is 0 Å². The van der Waals surface area contributed by atoms with E-state index < -0.39 is 22.5 Å². The summed E-state index contributed by atoms with van der Waals surface area (Å²) in [7, 11) is -3.70. The van der Waals surface area contributed by atoms with Crippen LogP contribution in [0.25, 0.3) is 0 Å². The van der Waals surface area contributed by atoms with Crippen molar-refractivity contribution in [1.29, 1.82) is 0 Å². The summed E-state index contributed by atoms with van der Waals surface area (Å²) >= 11 is 4.07. The average Bonchev–Trinajstić information content (AvgIpc) is 2.48. The molecule has 0 amide bonds. The summed E-state index contributed by atoms with van der Waals surface area (Å²) in [5, 5.41) is 9.91. The molecule has 0 aliphatic carbocycles. The Kier molecular flexibility index (Phi) is 3.65. The van der Waals surface area contributed by atoms with Crippen LogP contribution in [0, 0.1) is 0 Å². The zero-order valence-corrected chi connectivity index (χ0v) is 9.95. The van der Waals surface area contributed by atoms with Gasteiger partial charge in [-0.15, -0.1) is 11.3 Å². The van der Waals surface area contributed by atoms with E-state index in [9.17, 15) is 13.2 Å². The quantitative estimate of drug-likeness (QED) is 0.864. The third-order valence-electron chi connectivity index (χ3n) is 1.24. The summed E-state index contributed by atoms with van der Waals surface area (Å²) in [6, 6.07) is 1.58. The van der Waals surface area contributed by atoms with Crippen molar-refractivity contribution < 1.29 is 18.3 Å². The number of carboxylic acid groups (broad SMARTS) is 1. The maximum Gasteiger partial charge on any atom is 0.318 e. The summed E-state index contributed by atoms with van der Waals surface area (Å²) in [5.74, 6) is -1.22. The first-order valence-electron chi connectivity index (χ1n) is 3.38. The summed E-state index contributed by atoms with van der Waals surface area (Å²) < 4.78 is 25.3. The number of sulfonamides is 1. The van der Waals surface area contributed by atoms with Crippen molar-refractivity contribution in [1.82, 2.24) is 4.72 Å². The van der Waals surface area contributed by atoms with Gasteiger partial charge in [-0.1, -0.05) is 0 Å². The number of halogens is 1. The Morgan fingerprint density at radius 2 is 2.29 bits per heavy atom. The van der Waals surface area contributed by atoms with Crippen molar-refractivity contribution in [2.24, 2.45) is 0 Å². The van der Waals surface area contributed by atoms with E-state index in [0.717, 1.165) is 11.3 Å². The predicted octanol–water partition coefficient (Wildman–Crippen LogP) is 0.873. The summed E-state index contributed by atoms with van der Waals surface area (Å²) in [5.41, 5.74) is 0. The molecular formula is C6H6BrNO4S2. The van der Waals surface area contributed by atoms with Gasteiger partial charge in [0, 0.05) is 4.47 Å². The van der Waals surface area contributed by atoms with Crippen molar-refractivity contribution in [2.75, 3.05) is 6.54 Å². The fourth-order valence-electron chi connectivity index (χ4n) is 0.694. The number of aliphatic carboxylic acids is 1. The Morgan fingerprint density at radius 1 is 1.64 bits per heavy atom. The monoisotopic (exact) mass is 299 g/mol. The highest BCUT2D eigenvalue weighted by Gasteiger charge is 2.19. The summed E-state index contributed by atoms with van der Waals surface area (Å²) in [4.78, 5) is 10.2. The molecule has 2 N–H and O–H groups in total. The van der Waals surface area contributed by atoms with Gasteiger partial charge in [0.15, 0.2) is 0 Å². The molecule has 14 heavy (non-hydrogen) atoms. The van der Waals surface area contributed by atoms with E-state index in [1.807, 2.05) is 4.72 Å². The lowest BCUT2D eigenvalue weighted by Crippen LogP contribution is -2.28. The number of carboxylic acids is 1. The Bertz CT molecular complexity index is 438. The van der Waals surface area contributed by atoms with E-state index in [1.165, 1.54) is 0 Å². The normalized spacial score (nSPS) is 11.5.